The molecule has 0 radical (unpaired) electrons. The van der Waals surface area contributed by atoms with Gasteiger partial charge >= 0.3 is 0 Å². The molecule has 0 spiro atoms. The van der Waals surface area contributed by atoms with Crippen molar-refractivity contribution in [2.24, 2.45) is 5.73 Å². The minimum Gasteiger partial charge on any atom is -0.480 e. The number of rotatable bonds is 4. The van der Waals surface area contributed by atoms with Crippen molar-refractivity contribution in [3.05, 3.63) is 10.9 Å². The zero-order valence-corrected chi connectivity index (χ0v) is 7.67. The van der Waals surface area contributed by atoms with E-state index in [1.54, 1.807) is 13.2 Å². The fourth-order valence-corrected chi connectivity index (χ4v) is 1.54. The molecule has 0 amide bonds. The van der Waals surface area contributed by atoms with E-state index in [0.717, 1.165) is 4.88 Å². The lowest BCUT2D eigenvalue weighted by atomic mass is 10.2. The Kier molecular flexibility index (Phi) is 3.46. The zero-order chi connectivity index (χ0) is 8.97. The quantitative estimate of drug-likeness (QED) is 0.723. The van der Waals surface area contributed by atoms with Crippen LogP contribution in [-0.4, -0.2) is 23.1 Å². The highest BCUT2D eigenvalue weighted by Gasteiger charge is 2.10. The van der Waals surface area contributed by atoms with E-state index in [9.17, 15) is 5.11 Å². The van der Waals surface area contributed by atoms with Gasteiger partial charge in [0, 0.05) is 6.07 Å². The SMILES string of the molecule is COc1cc(C(O)CCN)sn1. The fourth-order valence-electron chi connectivity index (χ4n) is 0.825. The van der Waals surface area contributed by atoms with E-state index >= 15 is 0 Å². The van der Waals surface area contributed by atoms with Crippen LogP contribution in [0, 0.1) is 0 Å². The Labute approximate surface area is 75.1 Å². The molecule has 1 aromatic heterocycles. The summed E-state index contributed by atoms with van der Waals surface area (Å²) in [5.41, 5.74) is 5.30. The van der Waals surface area contributed by atoms with Gasteiger partial charge in [0.1, 0.15) is 0 Å². The van der Waals surface area contributed by atoms with Crippen molar-refractivity contribution >= 4 is 11.5 Å². The summed E-state index contributed by atoms with van der Waals surface area (Å²) >= 11 is 1.24. The molecule has 1 heterocycles. The largest absolute Gasteiger partial charge is 0.480 e. The maximum atomic E-state index is 9.46. The van der Waals surface area contributed by atoms with Crippen molar-refractivity contribution in [1.29, 1.82) is 0 Å². The Morgan fingerprint density at radius 3 is 3.08 bits per heavy atom. The van der Waals surface area contributed by atoms with E-state index in [1.807, 2.05) is 0 Å². The summed E-state index contributed by atoms with van der Waals surface area (Å²) in [5, 5.41) is 9.46. The molecule has 0 bridgehead atoms. The molecule has 1 aromatic rings. The van der Waals surface area contributed by atoms with E-state index in [0.29, 0.717) is 18.8 Å². The van der Waals surface area contributed by atoms with E-state index in [2.05, 4.69) is 4.37 Å². The van der Waals surface area contributed by atoms with Gasteiger partial charge in [-0.25, -0.2) is 0 Å². The first kappa shape index (κ1) is 9.44. The first-order valence-electron chi connectivity index (χ1n) is 3.66. The second kappa shape index (κ2) is 4.39. The molecule has 0 fully saturated rings. The van der Waals surface area contributed by atoms with Gasteiger partial charge in [0.25, 0.3) is 0 Å². The number of nitrogens with zero attached hydrogens (tertiary/aromatic N) is 1. The summed E-state index contributed by atoms with van der Waals surface area (Å²) in [5.74, 6) is 0.547. The van der Waals surface area contributed by atoms with E-state index < -0.39 is 6.10 Å². The molecule has 68 valence electrons. The molecule has 1 atom stereocenters. The summed E-state index contributed by atoms with van der Waals surface area (Å²) < 4.78 is 8.84. The van der Waals surface area contributed by atoms with Gasteiger partial charge in [0.05, 0.1) is 18.1 Å². The normalized spacial score (nSPS) is 12.9. The number of ether oxygens (including phenoxy) is 1. The zero-order valence-electron chi connectivity index (χ0n) is 6.86. The fraction of sp³-hybridized carbons (Fsp3) is 0.571. The highest BCUT2D eigenvalue weighted by molar-refractivity contribution is 7.06. The van der Waals surface area contributed by atoms with Crippen LogP contribution in [-0.2, 0) is 0 Å². The van der Waals surface area contributed by atoms with Gasteiger partial charge in [-0.2, -0.15) is 4.37 Å². The van der Waals surface area contributed by atoms with Gasteiger partial charge < -0.3 is 15.6 Å². The summed E-state index contributed by atoms with van der Waals surface area (Å²) in [6.07, 6.45) is 0.0575. The topological polar surface area (TPSA) is 68.4 Å². The third kappa shape index (κ3) is 2.17. The van der Waals surface area contributed by atoms with Crippen molar-refractivity contribution in [2.45, 2.75) is 12.5 Å². The maximum absolute atomic E-state index is 9.46. The van der Waals surface area contributed by atoms with Crippen molar-refractivity contribution in [2.75, 3.05) is 13.7 Å². The predicted octanol–water partition coefficient (Wildman–Crippen LogP) is 0.534. The van der Waals surface area contributed by atoms with Crippen LogP contribution in [0.4, 0.5) is 0 Å². The Hall–Kier alpha value is -0.650. The molecule has 0 aliphatic carbocycles. The number of methoxy groups -OCH3 is 1. The molecule has 5 heteroatoms. The van der Waals surface area contributed by atoms with Gasteiger partial charge in [-0.3, -0.25) is 0 Å². The average molecular weight is 188 g/mol. The molecule has 0 aliphatic heterocycles. The van der Waals surface area contributed by atoms with Crippen LogP contribution in [0.25, 0.3) is 0 Å². The molecule has 3 N–H and O–H groups in total. The number of hydrogen-bond acceptors (Lipinski definition) is 5. The second-order valence-corrected chi connectivity index (χ2v) is 3.20. The Balaban J connectivity index is 2.61. The van der Waals surface area contributed by atoms with Gasteiger partial charge in [-0.1, -0.05) is 0 Å². The minimum absolute atomic E-state index is 0.474. The Morgan fingerprint density at radius 1 is 1.83 bits per heavy atom. The summed E-state index contributed by atoms with van der Waals surface area (Å²) in [4.78, 5) is 0.803. The number of nitrogens with two attached hydrogens (primary N) is 1. The van der Waals surface area contributed by atoms with E-state index in [-0.39, 0.29) is 0 Å². The highest BCUT2D eigenvalue weighted by Crippen LogP contribution is 2.24. The monoisotopic (exact) mass is 188 g/mol. The Bertz CT molecular complexity index is 239. The Morgan fingerprint density at radius 2 is 2.58 bits per heavy atom. The van der Waals surface area contributed by atoms with Crippen molar-refractivity contribution in [1.82, 2.24) is 4.37 Å². The number of aliphatic hydroxyl groups is 1. The molecule has 4 nitrogen and oxygen atoms in total. The van der Waals surface area contributed by atoms with E-state index in [1.165, 1.54) is 11.5 Å². The lowest BCUT2D eigenvalue weighted by Gasteiger charge is -2.03. The minimum atomic E-state index is -0.503. The van der Waals surface area contributed by atoms with Crippen LogP contribution in [0.3, 0.4) is 0 Å². The maximum Gasteiger partial charge on any atom is 0.225 e. The van der Waals surface area contributed by atoms with Crippen LogP contribution in [0.5, 0.6) is 5.88 Å². The average Bonchev–Trinajstić information content (AvgIpc) is 2.52. The molecule has 1 unspecified atom stereocenters. The highest BCUT2D eigenvalue weighted by atomic mass is 32.1. The number of hydrogen-bond donors (Lipinski definition) is 2. The first-order valence-corrected chi connectivity index (χ1v) is 4.44. The molecular weight excluding hydrogens is 176 g/mol. The lowest BCUT2D eigenvalue weighted by Crippen LogP contribution is -2.05. The van der Waals surface area contributed by atoms with Crippen molar-refractivity contribution in [3.8, 4) is 5.88 Å². The summed E-state index contributed by atoms with van der Waals surface area (Å²) in [7, 11) is 1.55. The number of aliphatic hydroxyl groups excluding tert-OH is 1. The molecule has 12 heavy (non-hydrogen) atoms. The van der Waals surface area contributed by atoms with Crippen molar-refractivity contribution < 1.29 is 9.84 Å². The molecule has 0 aromatic carbocycles. The lowest BCUT2D eigenvalue weighted by molar-refractivity contribution is 0.174. The molecule has 1 rings (SSSR count). The first-order chi connectivity index (χ1) is 5.77. The molecular formula is C7H12N2O2S. The van der Waals surface area contributed by atoms with Gasteiger partial charge in [0.15, 0.2) is 0 Å². The number of aromatic nitrogens is 1. The van der Waals surface area contributed by atoms with Crippen LogP contribution in [0.15, 0.2) is 6.07 Å². The summed E-state index contributed by atoms with van der Waals surface area (Å²) in [6.45, 7) is 0.474. The standard InChI is InChI=1S/C7H12N2O2S/c1-11-7-4-6(12-9-7)5(10)2-3-8/h4-5,10H,2-3,8H2,1H3. The third-order valence-electron chi connectivity index (χ3n) is 1.48. The summed E-state index contributed by atoms with van der Waals surface area (Å²) in [6, 6.07) is 1.73. The van der Waals surface area contributed by atoms with Crippen LogP contribution in [0.2, 0.25) is 0 Å². The van der Waals surface area contributed by atoms with Crippen LogP contribution in [0.1, 0.15) is 17.4 Å². The van der Waals surface area contributed by atoms with Gasteiger partial charge in [-0.15, -0.1) is 0 Å². The van der Waals surface area contributed by atoms with Gasteiger partial charge in [-0.05, 0) is 24.5 Å². The smallest absolute Gasteiger partial charge is 0.225 e. The third-order valence-corrected chi connectivity index (χ3v) is 2.36. The van der Waals surface area contributed by atoms with E-state index in [4.69, 9.17) is 10.5 Å². The van der Waals surface area contributed by atoms with Crippen LogP contribution >= 0.6 is 11.5 Å². The molecule has 0 saturated heterocycles. The van der Waals surface area contributed by atoms with Gasteiger partial charge in [0.2, 0.25) is 5.88 Å². The molecule has 0 saturated carbocycles. The van der Waals surface area contributed by atoms with Crippen molar-refractivity contribution in [3.63, 3.8) is 0 Å². The predicted molar refractivity (Wildman–Crippen MR) is 47.3 cm³/mol. The second-order valence-electron chi connectivity index (χ2n) is 2.36. The molecule has 0 aliphatic rings. The van der Waals surface area contributed by atoms with Crippen LogP contribution < -0.4 is 10.5 Å².